The van der Waals surface area contributed by atoms with Gasteiger partial charge in [0.25, 0.3) is 0 Å². The van der Waals surface area contributed by atoms with Crippen LogP contribution in [0.15, 0.2) is 31.0 Å². The summed E-state index contributed by atoms with van der Waals surface area (Å²) >= 11 is 0. The maximum absolute atomic E-state index is 10.5. The second-order valence-corrected chi connectivity index (χ2v) is 6.18. The van der Waals surface area contributed by atoms with Crippen LogP contribution in [-0.4, -0.2) is 67.2 Å². The van der Waals surface area contributed by atoms with Gasteiger partial charge in [-0.25, -0.2) is 19.9 Å². The third-order valence-electron chi connectivity index (χ3n) is 4.41. The molecule has 4 N–H and O–H groups in total. The summed E-state index contributed by atoms with van der Waals surface area (Å²) in [4.78, 5) is 24.2. The van der Waals surface area contributed by atoms with Gasteiger partial charge >= 0.3 is 0 Å². The highest BCUT2D eigenvalue weighted by molar-refractivity contribution is 5.82. The molecular formula is C16H20N8O. The summed E-state index contributed by atoms with van der Waals surface area (Å²) in [5.74, 6) is 1.30. The number of β-amino-alcohol motifs (C(OH)–C–C–N with tert-alkyl or cyclic N) is 1. The van der Waals surface area contributed by atoms with E-state index in [0.29, 0.717) is 31.1 Å². The lowest BCUT2D eigenvalue weighted by Gasteiger charge is -2.23. The lowest BCUT2D eigenvalue weighted by molar-refractivity contribution is 0.129. The molecule has 1 saturated heterocycles. The van der Waals surface area contributed by atoms with Gasteiger partial charge in [0.15, 0.2) is 11.5 Å². The molecule has 0 saturated carbocycles. The van der Waals surface area contributed by atoms with Crippen LogP contribution in [0.2, 0.25) is 0 Å². The molecule has 4 heterocycles. The highest BCUT2D eigenvalue weighted by atomic mass is 16.3. The minimum absolute atomic E-state index is 0.492. The quantitative estimate of drug-likeness (QED) is 0.610. The standard InChI is InChI=1S/C16H20N8O/c17-14-11(2-1-3-18-14)6-23-4-5-24(8-12(25)7-23)16-13-15(20-9-19-13)21-10-22-16/h1-3,9-10,12,25H,4-8H2,(H2,17,18)(H,19,20,21,22)/t12-/m0/s1. The number of nitrogen functional groups attached to an aromatic ring is 1. The molecule has 4 rings (SSSR count). The highest BCUT2D eigenvalue weighted by Crippen LogP contribution is 2.22. The third kappa shape index (κ3) is 3.24. The fourth-order valence-electron chi connectivity index (χ4n) is 3.21. The molecule has 0 aromatic carbocycles. The van der Waals surface area contributed by atoms with Crippen LogP contribution in [0, 0.1) is 0 Å². The number of hydrogen-bond acceptors (Lipinski definition) is 8. The number of aromatic nitrogens is 5. The van der Waals surface area contributed by atoms with Gasteiger partial charge in [-0.2, -0.15) is 0 Å². The summed E-state index contributed by atoms with van der Waals surface area (Å²) in [5, 5.41) is 10.5. The second kappa shape index (κ2) is 6.61. The van der Waals surface area contributed by atoms with Crippen molar-refractivity contribution < 1.29 is 5.11 Å². The summed E-state index contributed by atoms with van der Waals surface area (Å²) < 4.78 is 0. The molecule has 9 nitrogen and oxygen atoms in total. The molecule has 130 valence electrons. The number of imidazole rings is 1. The van der Waals surface area contributed by atoms with Gasteiger partial charge in [-0.15, -0.1) is 0 Å². The van der Waals surface area contributed by atoms with Crippen molar-refractivity contribution in [2.75, 3.05) is 36.8 Å². The predicted molar refractivity (Wildman–Crippen MR) is 93.8 cm³/mol. The van der Waals surface area contributed by atoms with Crippen molar-refractivity contribution in [2.45, 2.75) is 12.6 Å². The van der Waals surface area contributed by atoms with E-state index < -0.39 is 6.10 Å². The van der Waals surface area contributed by atoms with E-state index in [2.05, 4.69) is 34.7 Å². The molecular weight excluding hydrogens is 320 g/mol. The second-order valence-electron chi connectivity index (χ2n) is 6.18. The smallest absolute Gasteiger partial charge is 0.182 e. The van der Waals surface area contributed by atoms with Crippen molar-refractivity contribution in [3.8, 4) is 0 Å². The monoisotopic (exact) mass is 340 g/mol. The number of nitrogens with two attached hydrogens (primary N) is 1. The molecule has 0 amide bonds. The molecule has 0 aliphatic carbocycles. The SMILES string of the molecule is Nc1ncccc1CN1CCN(c2ncnc3nc[nH]c23)C[C@@H](O)C1. The fraction of sp³-hybridized carbons (Fsp3) is 0.375. The van der Waals surface area contributed by atoms with Crippen LogP contribution in [-0.2, 0) is 6.54 Å². The maximum Gasteiger partial charge on any atom is 0.182 e. The van der Waals surface area contributed by atoms with Gasteiger partial charge in [0.1, 0.15) is 17.7 Å². The molecule has 0 spiro atoms. The van der Waals surface area contributed by atoms with Crippen LogP contribution in [0.4, 0.5) is 11.6 Å². The Hall–Kier alpha value is -2.78. The molecule has 9 heteroatoms. The molecule has 1 fully saturated rings. The van der Waals surface area contributed by atoms with E-state index in [1.54, 1.807) is 12.5 Å². The van der Waals surface area contributed by atoms with Gasteiger partial charge in [0, 0.05) is 44.5 Å². The van der Waals surface area contributed by atoms with Crippen molar-refractivity contribution in [2.24, 2.45) is 0 Å². The zero-order valence-corrected chi connectivity index (χ0v) is 13.7. The third-order valence-corrected chi connectivity index (χ3v) is 4.41. The molecule has 1 aliphatic heterocycles. The van der Waals surface area contributed by atoms with Gasteiger partial charge in [-0.3, -0.25) is 4.90 Å². The van der Waals surface area contributed by atoms with Crippen molar-refractivity contribution in [3.05, 3.63) is 36.5 Å². The number of nitrogens with zero attached hydrogens (tertiary/aromatic N) is 6. The molecule has 3 aromatic rings. The van der Waals surface area contributed by atoms with Gasteiger partial charge in [-0.05, 0) is 6.07 Å². The molecule has 25 heavy (non-hydrogen) atoms. The topological polar surface area (TPSA) is 120 Å². The van der Waals surface area contributed by atoms with Crippen LogP contribution < -0.4 is 10.6 Å². The first-order valence-electron chi connectivity index (χ1n) is 8.19. The fourth-order valence-corrected chi connectivity index (χ4v) is 3.21. The first-order chi connectivity index (χ1) is 12.2. The van der Waals surface area contributed by atoms with E-state index in [1.165, 1.54) is 6.33 Å². The summed E-state index contributed by atoms with van der Waals surface area (Å²) in [5.41, 5.74) is 8.33. The Bertz CT molecular complexity index is 866. The number of fused-ring (bicyclic) bond motifs is 1. The Kier molecular flexibility index (Phi) is 4.16. The normalized spacial score (nSPS) is 19.2. The predicted octanol–water partition coefficient (Wildman–Crippen LogP) is 0.0132. The Balaban J connectivity index is 1.53. The summed E-state index contributed by atoms with van der Waals surface area (Å²) in [6, 6.07) is 3.85. The minimum Gasteiger partial charge on any atom is -0.390 e. The van der Waals surface area contributed by atoms with Crippen molar-refractivity contribution in [1.82, 2.24) is 29.8 Å². The number of hydrogen-bond donors (Lipinski definition) is 3. The minimum atomic E-state index is -0.492. The first-order valence-corrected chi connectivity index (χ1v) is 8.19. The molecule has 1 atom stereocenters. The molecule has 0 unspecified atom stereocenters. The Labute approximate surface area is 144 Å². The number of nitrogens with one attached hydrogen (secondary N) is 1. The van der Waals surface area contributed by atoms with Gasteiger partial charge < -0.3 is 20.7 Å². The first kappa shape index (κ1) is 15.7. The number of aromatic amines is 1. The molecule has 0 radical (unpaired) electrons. The average Bonchev–Trinajstić information content (AvgIpc) is 3.01. The lowest BCUT2D eigenvalue weighted by Crippen LogP contribution is -2.33. The van der Waals surface area contributed by atoms with E-state index in [0.717, 1.165) is 30.0 Å². The largest absolute Gasteiger partial charge is 0.390 e. The maximum atomic E-state index is 10.5. The zero-order valence-electron chi connectivity index (χ0n) is 13.7. The number of aliphatic hydroxyl groups is 1. The summed E-state index contributed by atoms with van der Waals surface area (Å²) in [7, 11) is 0. The van der Waals surface area contributed by atoms with Gasteiger partial charge in [0.2, 0.25) is 0 Å². The lowest BCUT2D eigenvalue weighted by atomic mass is 10.2. The van der Waals surface area contributed by atoms with Crippen molar-refractivity contribution in [3.63, 3.8) is 0 Å². The van der Waals surface area contributed by atoms with E-state index >= 15 is 0 Å². The van der Waals surface area contributed by atoms with Crippen LogP contribution in [0.5, 0.6) is 0 Å². The molecule has 0 bridgehead atoms. The van der Waals surface area contributed by atoms with Gasteiger partial charge in [-0.1, -0.05) is 6.07 Å². The van der Waals surface area contributed by atoms with Crippen molar-refractivity contribution in [1.29, 1.82) is 0 Å². The van der Waals surface area contributed by atoms with Crippen LogP contribution in [0.25, 0.3) is 11.2 Å². The zero-order chi connectivity index (χ0) is 17.2. The van der Waals surface area contributed by atoms with E-state index in [1.807, 2.05) is 12.1 Å². The Morgan fingerprint density at radius 1 is 1.20 bits per heavy atom. The number of rotatable bonds is 3. The Morgan fingerprint density at radius 2 is 2.12 bits per heavy atom. The molecule has 1 aliphatic rings. The van der Waals surface area contributed by atoms with E-state index in [4.69, 9.17) is 5.73 Å². The molecule has 3 aromatic heterocycles. The van der Waals surface area contributed by atoms with Crippen LogP contribution in [0.1, 0.15) is 5.56 Å². The summed E-state index contributed by atoms with van der Waals surface area (Å²) in [6.07, 6.45) is 4.30. The van der Waals surface area contributed by atoms with Crippen molar-refractivity contribution >= 4 is 22.8 Å². The van der Waals surface area contributed by atoms with Crippen LogP contribution in [0.3, 0.4) is 0 Å². The van der Waals surface area contributed by atoms with Crippen LogP contribution >= 0.6 is 0 Å². The number of anilines is 2. The van der Waals surface area contributed by atoms with E-state index in [-0.39, 0.29) is 0 Å². The number of aliphatic hydroxyl groups excluding tert-OH is 1. The van der Waals surface area contributed by atoms with Gasteiger partial charge in [0.05, 0.1) is 12.4 Å². The van der Waals surface area contributed by atoms with E-state index in [9.17, 15) is 5.11 Å². The summed E-state index contributed by atoms with van der Waals surface area (Å²) in [6.45, 7) is 3.26. The number of pyridine rings is 1. The number of H-pyrrole nitrogens is 1. The highest BCUT2D eigenvalue weighted by Gasteiger charge is 2.24. The average molecular weight is 340 g/mol. The Morgan fingerprint density at radius 3 is 3.00 bits per heavy atom.